The predicted molar refractivity (Wildman–Crippen MR) is 125 cm³/mol. The van der Waals surface area contributed by atoms with E-state index in [0.717, 1.165) is 68.2 Å². The number of hydrogen-bond donors (Lipinski definition) is 1. The summed E-state index contributed by atoms with van der Waals surface area (Å²) in [7, 11) is 1.62. The second-order valence-corrected chi connectivity index (χ2v) is 9.25. The molecule has 1 aromatic heterocycles. The number of benzene rings is 1. The van der Waals surface area contributed by atoms with E-state index < -0.39 is 0 Å². The van der Waals surface area contributed by atoms with Crippen LogP contribution in [0.25, 0.3) is 0 Å². The summed E-state index contributed by atoms with van der Waals surface area (Å²) in [5, 5.41) is 0. The van der Waals surface area contributed by atoms with Gasteiger partial charge in [-0.1, -0.05) is 18.9 Å². The van der Waals surface area contributed by atoms with Crippen molar-refractivity contribution in [3.8, 4) is 11.5 Å². The second kappa shape index (κ2) is 9.80. The number of carbonyl (C=O) groups is 1. The van der Waals surface area contributed by atoms with Gasteiger partial charge in [-0.15, -0.1) is 0 Å². The van der Waals surface area contributed by atoms with Crippen LogP contribution < -0.4 is 15.0 Å². The van der Waals surface area contributed by atoms with Gasteiger partial charge >= 0.3 is 0 Å². The average molecular weight is 439 g/mol. The van der Waals surface area contributed by atoms with Gasteiger partial charge in [-0.25, -0.2) is 0 Å². The molecular formula is C26H34N2O4. The van der Waals surface area contributed by atoms with E-state index >= 15 is 0 Å². The smallest absolute Gasteiger partial charge is 0.261 e. The van der Waals surface area contributed by atoms with Crippen LogP contribution in [0.3, 0.4) is 0 Å². The number of pyridine rings is 1. The summed E-state index contributed by atoms with van der Waals surface area (Å²) in [6.45, 7) is 4.39. The number of ether oxygens (including phenoxy) is 2. The van der Waals surface area contributed by atoms with Crippen LogP contribution in [0, 0.1) is 0 Å². The van der Waals surface area contributed by atoms with Crippen LogP contribution in [-0.2, 0) is 19.4 Å². The van der Waals surface area contributed by atoms with Gasteiger partial charge in [-0.05, 0) is 81.7 Å². The molecule has 2 aliphatic rings. The van der Waals surface area contributed by atoms with Gasteiger partial charge in [0, 0.05) is 18.3 Å². The van der Waals surface area contributed by atoms with E-state index in [4.69, 9.17) is 9.47 Å². The lowest BCUT2D eigenvalue weighted by molar-refractivity contribution is 0.0662. The third-order valence-electron chi connectivity index (χ3n) is 6.54. The Morgan fingerprint density at radius 1 is 1.09 bits per heavy atom. The zero-order valence-corrected chi connectivity index (χ0v) is 19.4. The number of nitrogens with zero attached hydrogens (tertiary/aromatic N) is 1. The van der Waals surface area contributed by atoms with E-state index in [1.807, 2.05) is 43.0 Å². The Kier molecular flexibility index (Phi) is 6.87. The Morgan fingerprint density at radius 3 is 2.56 bits per heavy atom. The van der Waals surface area contributed by atoms with Crippen LogP contribution in [0.4, 0.5) is 0 Å². The molecule has 0 atom stereocenters. The lowest BCUT2D eigenvalue weighted by Gasteiger charge is -2.30. The number of rotatable bonds is 7. The Labute approximate surface area is 189 Å². The van der Waals surface area contributed by atoms with Crippen LogP contribution in [0.15, 0.2) is 29.1 Å². The number of carbonyl (C=O) groups excluding carboxylic acids is 1. The van der Waals surface area contributed by atoms with Crippen molar-refractivity contribution in [3.63, 3.8) is 0 Å². The Balaban J connectivity index is 1.65. The van der Waals surface area contributed by atoms with Crippen LogP contribution >= 0.6 is 0 Å². The van der Waals surface area contributed by atoms with E-state index in [1.165, 1.54) is 0 Å². The molecule has 0 unspecified atom stereocenters. The van der Waals surface area contributed by atoms with Crippen molar-refractivity contribution in [1.29, 1.82) is 0 Å². The predicted octanol–water partition coefficient (Wildman–Crippen LogP) is 4.63. The van der Waals surface area contributed by atoms with Crippen LogP contribution in [0.2, 0.25) is 0 Å². The summed E-state index contributed by atoms with van der Waals surface area (Å²) in [4.78, 5) is 31.4. The zero-order chi connectivity index (χ0) is 22.7. The number of aromatic nitrogens is 1. The standard InChI is InChI=1S/C26H34N2O4/c1-17(2)32-24-14-18(12-13-23(24)31-3)16-28(20-9-5-6-10-20)26(30)21-15-19-8-4-7-11-22(19)27-25(21)29/h12-15,17,20H,4-11,16H2,1-3H3,(H,27,29). The molecule has 2 aromatic rings. The largest absolute Gasteiger partial charge is 0.493 e. The first kappa shape index (κ1) is 22.4. The number of H-pyrrole nitrogens is 1. The van der Waals surface area contributed by atoms with E-state index in [9.17, 15) is 9.59 Å². The number of aromatic amines is 1. The SMILES string of the molecule is COc1ccc(CN(C(=O)c2cc3c([nH]c2=O)CCCC3)C2CCCC2)cc1OC(C)C. The van der Waals surface area contributed by atoms with Gasteiger partial charge in [0.15, 0.2) is 11.5 Å². The fourth-order valence-electron chi connectivity index (χ4n) is 4.93. The lowest BCUT2D eigenvalue weighted by atomic mass is 9.94. The van der Waals surface area contributed by atoms with Gasteiger partial charge in [-0.3, -0.25) is 9.59 Å². The second-order valence-electron chi connectivity index (χ2n) is 9.25. The highest BCUT2D eigenvalue weighted by Gasteiger charge is 2.30. The molecule has 1 heterocycles. The number of amides is 1. The number of methoxy groups -OCH3 is 1. The lowest BCUT2D eigenvalue weighted by Crippen LogP contribution is -2.41. The van der Waals surface area contributed by atoms with Gasteiger partial charge in [0.05, 0.1) is 13.2 Å². The average Bonchev–Trinajstić information content (AvgIpc) is 3.31. The molecule has 0 radical (unpaired) electrons. The Hall–Kier alpha value is -2.76. The highest BCUT2D eigenvalue weighted by molar-refractivity contribution is 5.94. The fraction of sp³-hybridized carbons (Fsp3) is 0.538. The first-order valence-corrected chi connectivity index (χ1v) is 11.9. The molecule has 1 saturated carbocycles. The molecule has 6 nitrogen and oxygen atoms in total. The van der Waals surface area contributed by atoms with Gasteiger partial charge in [0.25, 0.3) is 11.5 Å². The Morgan fingerprint density at radius 2 is 1.84 bits per heavy atom. The van der Waals surface area contributed by atoms with Crippen molar-refractivity contribution in [2.75, 3.05) is 7.11 Å². The first-order chi connectivity index (χ1) is 15.5. The maximum atomic E-state index is 13.7. The molecule has 1 fully saturated rings. The molecular weight excluding hydrogens is 404 g/mol. The molecule has 0 aliphatic heterocycles. The summed E-state index contributed by atoms with van der Waals surface area (Å²) in [5.74, 6) is 1.17. The van der Waals surface area contributed by atoms with Crippen molar-refractivity contribution in [2.24, 2.45) is 0 Å². The Bertz CT molecular complexity index is 1020. The van der Waals surface area contributed by atoms with Crippen molar-refractivity contribution in [3.05, 3.63) is 57.0 Å². The van der Waals surface area contributed by atoms with Crippen LogP contribution in [0.1, 0.15) is 79.6 Å². The number of hydrogen-bond acceptors (Lipinski definition) is 4. The quantitative estimate of drug-likeness (QED) is 0.684. The molecule has 172 valence electrons. The molecule has 4 rings (SSSR count). The monoisotopic (exact) mass is 438 g/mol. The van der Waals surface area contributed by atoms with E-state index in [1.54, 1.807) is 7.11 Å². The number of nitrogens with one attached hydrogen (secondary N) is 1. The van der Waals surface area contributed by atoms with E-state index in [0.29, 0.717) is 18.0 Å². The third kappa shape index (κ3) is 4.84. The molecule has 0 saturated heterocycles. The van der Waals surface area contributed by atoms with E-state index in [-0.39, 0.29) is 29.2 Å². The summed E-state index contributed by atoms with van der Waals surface area (Å²) in [6.07, 6.45) is 8.17. The van der Waals surface area contributed by atoms with E-state index in [2.05, 4.69) is 4.98 Å². The van der Waals surface area contributed by atoms with Gasteiger partial charge < -0.3 is 19.4 Å². The van der Waals surface area contributed by atoms with Crippen molar-refractivity contribution >= 4 is 5.91 Å². The fourth-order valence-corrected chi connectivity index (χ4v) is 4.93. The molecule has 1 aromatic carbocycles. The highest BCUT2D eigenvalue weighted by atomic mass is 16.5. The van der Waals surface area contributed by atoms with Crippen molar-refractivity contribution in [2.45, 2.75) is 83.9 Å². The maximum Gasteiger partial charge on any atom is 0.261 e. The molecule has 32 heavy (non-hydrogen) atoms. The summed E-state index contributed by atoms with van der Waals surface area (Å²) in [5.41, 5.74) is 3.08. The van der Waals surface area contributed by atoms with Crippen molar-refractivity contribution < 1.29 is 14.3 Å². The van der Waals surface area contributed by atoms with Gasteiger partial charge in [0.1, 0.15) is 5.56 Å². The first-order valence-electron chi connectivity index (χ1n) is 11.9. The molecule has 0 bridgehead atoms. The summed E-state index contributed by atoms with van der Waals surface area (Å²) in [6, 6.07) is 7.80. The van der Waals surface area contributed by atoms with Crippen LogP contribution in [-0.4, -0.2) is 35.0 Å². The van der Waals surface area contributed by atoms with Gasteiger partial charge in [-0.2, -0.15) is 0 Å². The molecule has 2 aliphatic carbocycles. The number of aryl methyl sites for hydroxylation is 2. The molecule has 6 heteroatoms. The summed E-state index contributed by atoms with van der Waals surface area (Å²) >= 11 is 0. The number of fused-ring (bicyclic) bond motifs is 1. The molecule has 0 spiro atoms. The van der Waals surface area contributed by atoms with Crippen molar-refractivity contribution in [1.82, 2.24) is 9.88 Å². The minimum atomic E-state index is -0.266. The van der Waals surface area contributed by atoms with Crippen LogP contribution in [0.5, 0.6) is 11.5 Å². The van der Waals surface area contributed by atoms with Gasteiger partial charge in [0.2, 0.25) is 0 Å². The summed E-state index contributed by atoms with van der Waals surface area (Å²) < 4.78 is 11.4. The topological polar surface area (TPSA) is 71.6 Å². The third-order valence-corrected chi connectivity index (χ3v) is 6.54. The molecule has 1 amide bonds. The molecule has 1 N–H and O–H groups in total. The minimum Gasteiger partial charge on any atom is -0.493 e. The highest BCUT2D eigenvalue weighted by Crippen LogP contribution is 2.32. The zero-order valence-electron chi connectivity index (χ0n) is 19.4. The maximum absolute atomic E-state index is 13.7. The minimum absolute atomic E-state index is 0.0146. The normalized spacial score (nSPS) is 16.1.